The standard InChI is InChI=1S/C20H21NO3/c1-20(2)11-12-21(19(23)24-3)17-13-15(9-10-16(17)20)18(22)14-7-5-4-6-8-14/h4-10,13H,11-12H2,1-3H3. The molecule has 0 atom stereocenters. The Morgan fingerprint density at radius 3 is 2.42 bits per heavy atom. The van der Waals surface area contributed by atoms with E-state index < -0.39 is 6.09 Å². The van der Waals surface area contributed by atoms with E-state index in [0.29, 0.717) is 17.7 Å². The Bertz CT molecular complexity index is 781. The van der Waals surface area contributed by atoms with Crippen LogP contribution in [0.5, 0.6) is 0 Å². The van der Waals surface area contributed by atoms with Crippen molar-refractivity contribution in [2.75, 3.05) is 18.6 Å². The zero-order valence-electron chi connectivity index (χ0n) is 14.2. The molecule has 0 saturated carbocycles. The van der Waals surface area contributed by atoms with Gasteiger partial charge >= 0.3 is 6.09 Å². The van der Waals surface area contributed by atoms with Crippen molar-refractivity contribution >= 4 is 17.6 Å². The topological polar surface area (TPSA) is 46.6 Å². The summed E-state index contributed by atoms with van der Waals surface area (Å²) in [5, 5.41) is 0. The Labute approximate surface area is 142 Å². The molecule has 24 heavy (non-hydrogen) atoms. The van der Waals surface area contributed by atoms with E-state index in [2.05, 4.69) is 13.8 Å². The number of anilines is 1. The molecule has 0 aromatic heterocycles. The predicted octanol–water partition coefficient (Wildman–Crippen LogP) is 4.17. The van der Waals surface area contributed by atoms with Crippen molar-refractivity contribution in [3.63, 3.8) is 0 Å². The first kappa shape index (κ1) is 16.2. The summed E-state index contributed by atoms with van der Waals surface area (Å²) in [4.78, 5) is 26.4. The van der Waals surface area contributed by atoms with E-state index in [9.17, 15) is 9.59 Å². The summed E-state index contributed by atoms with van der Waals surface area (Å²) in [5.41, 5.74) is 2.99. The van der Waals surface area contributed by atoms with E-state index in [0.717, 1.165) is 17.7 Å². The van der Waals surface area contributed by atoms with Gasteiger partial charge in [0.15, 0.2) is 5.78 Å². The fourth-order valence-corrected chi connectivity index (χ4v) is 3.17. The molecule has 1 amide bonds. The lowest BCUT2D eigenvalue weighted by Gasteiger charge is -2.38. The van der Waals surface area contributed by atoms with Gasteiger partial charge in [0.05, 0.1) is 12.8 Å². The van der Waals surface area contributed by atoms with Gasteiger partial charge in [0, 0.05) is 17.7 Å². The van der Waals surface area contributed by atoms with Crippen molar-refractivity contribution in [1.29, 1.82) is 0 Å². The van der Waals surface area contributed by atoms with E-state index in [1.807, 2.05) is 36.4 Å². The first-order valence-electron chi connectivity index (χ1n) is 8.04. The lowest BCUT2D eigenvalue weighted by atomic mass is 9.77. The van der Waals surface area contributed by atoms with E-state index >= 15 is 0 Å². The van der Waals surface area contributed by atoms with E-state index in [1.165, 1.54) is 7.11 Å². The van der Waals surface area contributed by atoms with Gasteiger partial charge in [0.25, 0.3) is 0 Å². The molecule has 4 nitrogen and oxygen atoms in total. The number of amides is 1. The summed E-state index contributed by atoms with van der Waals surface area (Å²) in [7, 11) is 1.38. The van der Waals surface area contributed by atoms with Crippen molar-refractivity contribution in [1.82, 2.24) is 0 Å². The second-order valence-electron chi connectivity index (χ2n) is 6.68. The van der Waals surface area contributed by atoms with Crippen LogP contribution in [0.15, 0.2) is 48.5 Å². The minimum absolute atomic E-state index is 0.0474. The quantitative estimate of drug-likeness (QED) is 0.779. The number of carbonyl (C=O) groups is 2. The molecule has 0 saturated heterocycles. The molecule has 0 spiro atoms. The highest BCUT2D eigenvalue weighted by Gasteiger charge is 2.34. The number of hydrogen-bond acceptors (Lipinski definition) is 3. The molecule has 1 aliphatic rings. The molecule has 0 unspecified atom stereocenters. The second-order valence-corrected chi connectivity index (χ2v) is 6.68. The number of methoxy groups -OCH3 is 1. The maximum Gasteiger partial charge on any atom is 0.414 e. The van der Waals surface area contributed by atoms with Crippen molar-refractivity contribution in [2.24, 2.45) is 0 Å². The molecule has 2 aromatic rings. The first-order valence-corrected chi connectivity index (χ1v) is 8.04. The zero-order valence-corrected chi connectivity index (χ0v) is 14.2. The molecular weight excluding hydrogens is 302 g/mol. The molecule has 0 radical (unpaired) electrons. The number of carbonyl (C=O) groups excluding carboxylic acids is 2. The number of rotatable bonds is 2. The molecule has 0 aliphatic carbocycles. The summed E-state index contributed by atoms with van der Waals surface area (Å²) in [5.74, 6) is -0.0494. The molecular formula is C20H21NO3. The van der Waals surface area contributed by atoms with Gasteiger partial charge in [-0.25, -0.2) is 4.79 Å². The van der Waals surface area contributed by atoms with Crippen molar-refractivity contribution in [3.8, 4) is 0 Å². The number of hydrogen-bond donors (Lipinski definition) is 0. The van der Waals surface area contributed by atoms with E-state index in [1.54, 1.807) is 17.0 Å². The third kappa shape index (κ3) is 2.80. The first-order chi connectivity index (χ1) is 11.4. The van der Waals surface area contributed by atoms with Crippen LogP contribution >= 0.6 is 0 Å². The second kappa shape index (κ2) is 6.11. The highest BCUT2D eigenvalue weighted by molar-refractivity contribution is 6.10. The van der Waals surface area contributed by atoms with Crippen LogP contribution in [0.2, 0.25) is 0 Å². The summed E-state index contributed by atoms with van der Waals surface area (Å²) in [6.45, 7) is 4.88. The monoisotopic (exact) mass is 323 g/mol. The van der Waals surface area contributed by atoms with Gasteiger partial charge in [-0.15, -0.1) is 0 Å². The van der Waals surface area contributed by atoms with Crippen LogP contribution in [0, 0.1) is 0 Å². The van der Waals surface area contributed by atoms with Crippen molar-refractivity contribution in [3.05, 3.63) is 65.2 Å². The van der Waals surface area contributed by atoms with Crippen molar-refractivity contribution in [2.45, 2.75) is 25.7 Å². The molecule has 1 heterocycles. The molecule has 4 heteroatoms. The minimum atomic E-state index is -0.393. The molecule has 0 N–H and O–H groups in total. The fourth-order valence-electron chi connectivity index (χ4n) is 3.17. The Morgan fingerprint density at radius 1 is 1.04 bits per heavy atom. The minimum Gasteiger partial charge on any atom is -0.452 e. The van der Waals surface area contributed by atoms with Gasteiger partial charge < -0.3 is 4.74 Å². The SMILES string of the molecule is COC(=O)N1CCC(C)(C)c2ccc(C(=O)c3ccccc3)cc21. The average molecular weight is 323 g/mol. The summed E-state index contributed by atoms with van der Waals surface area (Å²) in [6.07, 6.45) is 0.456. The number of fused-ring (bicyclic) bond motifs is 1. The van der Waals surface area contributed by atoms with Gasteiger partial charge in [-0.1, -0.05) is 56.3 Å². The lowest BCUT2D eigenvalue weighted by Crippen LogP contribution is -2.41. The normalized spacial score (nSPS) is 15.5. The number of nitrogens with zero attached hydrogens (tertiary/aromatic N) is 1. The Balaban J connectivity index is 2.07. The highest BCUT2D eigenvalue weighted by Crippen LogP contribution is 2.40. The zero-order chi connectivity index (χ0) is 17.3. The maximum atomic E-state index is 12.7. The molecule has 0 fully saturated rings. The summed E-state index contributed by atoms with van der Waals surface area (Å²) in [6, 6.07) is 14.8. The van der Waals surface area contributed by atoms with E-state index in [-0.39, 0.29) is 11.2 Å². The number of ether oxygens (including phenoxy) is 1. The summed E-state index contributed by atoms with van der Waals surface area (Å²) < 4.78 is 4.90. The van der Waals surface area contributed by atoms with Crippen LogP contribution < -0.4 is 4.90 Å². The number of benzene rings is 2. The Kier molecular flexibility index (Phi) is 4.14. The summed E-state index contributed by atoms with van der Waals surface area (Å²) >= 11 is 0. The van der Waals surface area contributed by atoms with Gasteiger partial charge in [-0.2, -0.15) is 0 Å². The van der Waals surface area contributed by atoms with Gasteiger partial charge in [0.1, 0.15) is 0 Å². The molecule has 3 rings (SSSR count). The third-order valence-corrected chi connectivity index (χ3v) is 4.67. The lowest BCUT2D eigenvalue weighted by molar-refractivity contribution is 0.103. The highest BCUT2D eigenvalue weighted by atomic mass is 16.5. The fraction of sp³-hybridized carbons (Fsp3) is 0.300. The third-order valence-electron chi connectivity index (χ3n) is 4.67. The van der Waals surface area contributed by atoms with Crippen LogP contribution in [0.25, 0.3) is 0 Å². The Hall–Kier alpha value is -2.62. The average Bonchev–Trinajstić information content (AvgIpc) is 2.61. The van der Waals surface area contributed by atoms with Crippen molar-refractivity contribution < 1.29 is 14.3 Å². The van der Waals surface area contributed by atoms with Gasteiger partial charge in [-0.05, 0) is 23.5 Å². The van der Waals surface area contributed by atoms with Crippen LogP contribution in [0.3, 0.4) is 0 Å². The Morgan fingerprint density at radius 2 is 1.75 bits per heavy atom. The predicted molar refractivity (Wildman–Crippen MR) is 93.7 cm³/mol. The smallest absolute Gasteiger partial charge is 0.414 e. The van der Waals surface area contributed by atoms with Gasteiger partial charge in [0.2, 0.25) is 0 Å². The van der Waals surface area contributed by atoms with Crippen LogP contribution in [0.1, 0.15) is 41.8 Å². The van der Waals surface area contributed by atoms with Gasteiger partial charge in [-0.3, -0.25) is 9.69 Å². The molecule has 0 bridgehead atoms. The molecule has 1 aliphatic heterocycles. The van der Waals surface area contributed by atoms with Crippen LogP contribution in [0.4, 0.5) is 10.5 Å². The molecule has 2 aromatic carbocycles. The maximum absolute atomic E-state index is 12.7. The largest absolute Gasteiger partial charge is 0.452 e. The van der Waals surface area contributed by atoms with Crippen LogP contribution in [-0.2, 0) is 10.2 Å². The van der Waals surface area contributed by atoms with Crippen LogP contribution in [-0.4, -0.2) is 25.5 Å². The number of ketones is 1. The molecule has 124 valence electrons. The van der Waals surface area contributed by atoms with E-state index in [4.69, 9.17) is 4.74 Å².